The van der Waals surface area contributed by atoms with Crippen molar-refractivity contribution in [3.63, 3.8) is 0 Å². The van der Waals surface area contributed by atoms with Gasteiger partial charge in [-0.2, -0.15) is 9.40 Å². The van der Waals surface area contributed by atoms with Crippen molar-refractivity contribution in [1.29, 1.82) is 0 Å². The molecule has 2 aromatic heterocycles. The zero-order valence-electron chi connectivity index (χ0n) is 15.8. The topological polar surface area (TPSA) is 84.3 Å². The van der Waals surface area contributed by atoms with Crippen molar-refractivity contribution in [3.05, 3.63) is 65.8 Å². The molecule has 7 nitrogen and oxygen atoms in total. The van der Waals surface area contributed by atoms with E-state index in [1.54, 1.807) is 23.7 Å². The monoisotopic (exact) mass is 430 g/mol. The minimum absolute atomic E-state index is 0.143. The number of thiophene rings is 1. The van der Waals surface area contributed by atoms with E-state index in [4.69, 9.17) is 0 Å². The highest BCUT2D eigenvalue weighted by atomic mass is 32.2. The van der Waals surface area contributed by atoms with Crippen LogP contribution in [-0.2, 0) is 21.4 Å². The first kappa shape index (κ1) is 19.8. The zero-order chi connectivity index (χ0) is 20.3. The standard InChI is InChI=1S/C20H22N4O3S2/c25-20(22-18-8-6-16(7-9-18)14-23-11-3-10-21-23)17-4-1-12-24(15-17)29(26,27)19-5-2-13-28-19/h2-3,5-11,13,17H,1,4,12,14-15H2,(H,22,25). The lowest BCUT2D eigenvalue weighted by Gasteiger charge is -2.30. The van der Waals surface area contributed by atoms with Gasteiger partial charge in [0.05, 0.1) is 12.5 Å². The van der Waals surface area contributed by atoms with Crippen molar-refractivity contribution in [2.75, 3.05) is 18.4 Å². The maximum absolute atomic E-state index is 12.7. The number of anilines is 1. The molecule has 1 aromatic carbocycles. The van der Waals surface area contributed by atoms with Gasteiger partial charge in [0, 0.05) is 31.2 Å². The van der Waals surface area contributed by atoms with Gasteiger partial charge in [-0.15, -0.1) is 11.3 Å². The number of amides is 1. The van der Waals surface area contributed by atoms with Crippen LogP contribution in [0.15, 0.2) is 64.4 Å². The molecule has 0 aliphatic carbocycles. The molecule has 1 aliphatic rings. The highest BCUT2D eigenvalue weighted by Gasteiger charge is 2.33. The van der Waals surface area contributed by atoms with E-state index in [1.165, 1.54) is 15.6 Å². The summed E-state index contributed by atoms with van der Waals surface area (Å²) in [5.74, 6) is -0.502. The summed E-state index contributed by atoms with van der Waals surface area (Å²) in [6, 6.07) is 12.8. The summed E-state index contributed by atoms with van der Waals surface area (Å²) < 4.78 is 29.1. The molecule has 1 saturated heterocycles. The Labute approximate surface area is 174 Å². The molecule has 152 valence electrons. The Balaban J connectivity index is 1.38. The van der Waals surface area contributed by atoms with Crippen molar-refractivity contribution in [1.82, 2.24) is 14.1 Å². The molecule has 0 saturated carbocycles. The van der Waals surface area contributed by atoms with E-state index in [-0.39, 0.29) is 18.4 Å². The van der Waals surface area contributed by atoms with Gasteiger partial charge in [0.15, 0.2) is 0 Å². The summed E-state index contributed by atoms with van der Waals surface area (Å²) in [5, 5.41) is 8.85. The van der Waals surface area contributed by atoms with Crippen LogP contribution < -0.4 is 5.32 Å². The van der Waals surface area contributed by atoms with Crippen LogP contribution in [0.25, 0.3) is 0 Å². The first-order valence-electron chi connectivity index (χ1n) is 9.43. The molecule has 1 N–H and O–H groups in total. The normalized spacial score (nSPS) is 17.9. The number of rotatable bonds is 6. The molecular weight excluding hydrogens is 408 g/mol. The molecule has 9 heteroatoms. The fourth-order valence-electron chi connectivity index (χ4n) is 3.43. The average molecular weight is 431 g/mol. The molecule has 3 heterocycles. The van der Waals surface area contributed by atoms with Gasteiger partial charge in [-0.05, 0) is 48.1 Å². The van der Waals surface area contributed by atoms with Crippen LogP contribution >= 0.6 is 11.3 Å². The number of nitrogens with one attached hydrogen (secondary N) is 1. The van der Waals surface area contributed by atoms with Crippen LogP contribution in [-0.4, -0.2) is 41.5 Å². The summed E-state index contributed by atoms with van der Waals surface area (Å²) in [4.78, 5) is 12.7. The second-order valence-electron chi connectivity index (χ2n) is 7.02. The first-order chi connectivity index (χ1) is 14.0. The largest absolute Gasteiger partial charge is 0.326 e. The summed E-state index contributed by atoms with van der Waals surface area (Å²) in [6.07, 6.45) is 4.99. The molecule has 4 rings (SSSR count). The van der Waals surface area contributed by atoms with E-state index in [2.05, 4.69) is 10.4 Å². The van der Waals surface area contributed by atoms with Gasteiger partial charge < -0.3 is 5.32 Å². The SMILES string of the molecule is O=C(Nc1ccc(Cn2cccn2)cc1)C1CCCN(S(=O)(=O)c2cccs2)C1. The van der Waals surface area contributed by atoms with Gasteiger partial charge in [-0.3, -0.25) is 9.48 Å². The van der Waals surface area contributed by atoms with Gasteiger partial charge in [0.1, 0.15) is 4.21 Å². The zero-order valence-corrected chi connectivity index (χ0v) is 17.4. The second kappa shape index (κ2) is 8.48. The third-order valence-electron chi connectivity index (χ3n) is 4.97. The van der Waals surface area contributed by atoms with Crippen molar-refractivity contribution in [3.8, 4) is 0 Å². The molecular formula is C20H22N4O3S2. The van der Waals surface area contributed by atoms with Crippen LogP contribution in [0, 0.1) is 5.92 Å². The van der Waals surface area contributed by atoms with Crippen molar-refractivity contribution in [2.24, 2.45) is 5.92 Å². The Kier molecular flexibility index (Phi) is 5.79. The summed E-state index contributed by atoms with van der Waals surface area (Å²) in [6.45, 7) is 1.33. The van der Waals surface area contributed by atoms with E-state index in [0.29, 0.717) is 35.8 Å². The Hall–Kier alpha value is -2.49. The maximum atomic E-state index is 12.7. The van der Waals surface area contributed by atoms with E-state index in [0.717, 1.165) is 5.56 Å². The minimum Gasteiger partial charge on any atom is -0.326 e. The van der Waals surface area contributed by atoms with Crippen molar-refractivity contribution in [2.45, 2.75) is 23.6 Å². The summed E-state index contributed by atoms with van der Waals surface area (Å²) in [5.41, 5.74) is 1.79. The molecule has 1 amide bonds. The quantitative estimate of drug-likeness (QED) is 0.651. The third-order valence-corrected chi connectivity index (χ3v) is 8.21. The van der Waals surface area contributed by atoms with Gasteiger partial charge in [-0.25, -0.2) is 8.42 Å². The number of piperidine rings is 1. The number of aromatic nitrogens is 2. The highest BCUT2D eigenvalue weighted by molar-refractivity contribution is 7.91. The van der Waals surface area contributed by atoms with Gasteiger partial charge in [0.2, 0.25) is 5.91 Å². The minimum atomic E-state index is -3.52. The smallest absolute Gasteiger partial charge is 0.252 e. The van der Waals surface area contributed by atoms with E-state index in [1.807, 2.05) is 41.2 Å². The lowest BCUT2D eigenvalue weighted by molar-refractivity contribution is -0.120. The summed E-state index contributed by atoms with van der Waals surface area (Å²) >= 11 is 1.20. The first-order valence-corrected chi connectivity index (χ1v) is 11.8. The molecule has 29 heavy (non-hydrogen) atoms. The lowest BCUT2D eigenvalue weighted by atomic mass is 9.98. The molecule has 3 aromatic rings. The van der Waals surface area contributed by atoms with Crippen LogP contribution in [0.1, 0.15) is 18.4 Å². The fourth-order valence-corrected chi connectivity index (χ4v) is 6.10. The molecule has 0 radical (unpaired) electrons. The Morgan fingerprint density at radius 1 is 1.21 bits per heavy atom. The van der Waals surface area contributed by atoms with Gasteiger partial charge in [-0.1, -0.05) is 18.2 Å². The van der Waals surface area contributed by atoms with Crippen LogP contribution in [0.4, 0.5) is 5.69 Å². The number of carbonyl (C=O) groups excluding carboxylic acids is 1. The molecule has 0 bridgehead atoms. The number of hydrogen-bond donors (Lipinski definition) is 1. The predicted molar refractivity (Wildman–Crippen MR) is 112 cm³/mol. The predicted octanol–water partition coefficient (Wildman–Crippen LogP) is 3.03. The maximum Gasteiger partial charge on any atom is 0.252 e. The number of nitrogens with zero attached hydrogens (tertiary/aromatic N) is 3. The molecule has 1 unspecified atom stereocenters. The van der Waals surface area contributed by atoms with E-state index in [9.17, 15) is 13.2 Å². The Morgan fingerprint density at radius 2 is 2.03 bits per heavy atom. The van der Waals surface area contributed by atoms with Crippen molar-refractivity contribution < 1.29 is 13.2 Å². The van der Waals surface area contributed by atoms with Gasteiger partial charge >= 0.3 is 0 Å². The highest BCUT2D eigenvalue weighted by Crippen LogP contribution is 2.27. The number of benzene rings is 1. The fraction of sp³-hybridized carbons (Fsp3) is 0.300. The second-order valence-corrected chi connectivity index (χ2v) is 10.1. The Morgan fingerprint density at radius 3 is 2.72 bits per heavy atom. The van der Waals surface area contributed by atoms with Crippen LogP contribution in [0.3, 0.4) is 0 Å². The summed E-state index contributed by atoms with van der Waals surface area (Å²) in [7, 11) is -3.52. The third kappa shape index (κ3) is 4.58. The average Bonchev–Trinajstić information content (AvgIpc) is 3.44. The van der Waals surface area contributed by atoms with Crippen LogP contribution in [0.5, 0.6) is 0 Å². The lowest BCUT2D eigenvalue weighted by Crippen LogP contribution is -2.43. The van der Waals surface area contributed by atoms with Crippen LogP contribution in [0.2, 0.25) is 0 Å². The molecule has 1 atom stereocenters. The molecule has 0 spiro atoms. The molecule has 1 fully saturated rings. The number of sulfonamides is 1. The number of hydrogen-bond acceptors (Lipinski definition) is 5. The molecule has 1 aliphatic heterocycles. The number of carbonyl (C=O) groups is 1. The Bertz CT molecular complexity index is 1050. The van der Waals surface area contributed by atoms with E-state index >= 15 is 0 Å². The van der Waals surface area contributed by atoms with Gasteiger partial charge in [0.25, 0.3) is 10.0 Å². The van der Waals surface area contributed by atoms with E-state index < -0.39 is 10.0 Å². The van der Waals surface area contributed by atoms with Crippen molar-refractivity contribution >= 4 is 33.0 Å².